The molecular weight excluding hydrogens is 254 g/mol. The van der Waals surface area contributed by atoms with E-state index in [1.54, 1.807) is 6.92 Å². The second-order valence-corrected chi connectivity index (χ2v) is 3.74. The van der Waals surface area contributed by atoms with E-state index in [9.17, 15) is 20.0 Å². The number of aromatic nitrogens is 1. The highest BCUT2D eigenvalue weighted by Gasteiger charge is 2.15. The third-order valence-electron chi connectivity index (χ3n) is 2.30. The van der Waals surface area contributed by atoms with Gasteiger partial charge >= 0.3 is 0 Å². The number of carbonyl (C=O) groups is 1. The van der Waals surface area contributed by atoms with E-state index >= 15 is 0 Å². The lowest BCUT2D eigenvalue weighted by Gasteiger charge is -2.04. The van der Waals surface area contributed by atoms with Gasteiger partial charge in [-0.1, -0.05) is 5.16 Å². The molecule has 2 rings (SSSR count). The van der Waals surface area contributed by atoms with E-state index in [4.69, 9.17) is 4.52 Å². The summed E-state index contributed by atoms with van der Waals surface area (Å²) < 4.78 is 4.74. The average molecular weight is 263 g/mol. The van der Waals surface area contributed by atoms with Gasteiger partial charge in [0.15, 0.2) is 5.69 Å². The summed E-state index contributed by atoms with van der Waals surface area (Å²) in [6.07, 6.45) is 0. The largest absolute Gasteiger partial charge is 0.506 e. The number of phenols is 1. The number of amides is 1. The lowest BCUT2D eigenvalue weighted by molar-refractivity contribution is -0.384. The Kier molecular flexibility index (Phi) is 3.15. The first-order chi connectivity index (χ1) is 8.97. The second-order valence-electron chi connectivity index (χ2n) is 3.74. The van der Waals surface area contributed by atoms with Crippen molar-refractivity contribution in [3.63, 3.8) is 0 Å². The molecule has 0 aliphatic rings. The lowest BCUT2D eigenvalue weighted by atomic mass is 10.2. The number of carbonyl (C=O) groups excluding carboxylic acids is 1. The molecule has 8 heteroatoms. The average Bonchev–Trinajstić information content (AvgIpc) is 2.78. The molecule has 0 atom stereocenters. The zero-order chi connectivity index (χ0) is 14.0. The SMILES string of the molecule is Cc1cc(C(=O)Nc2ccc([N+](=O)[O-])cc2O)no1. The van der Waals surface area contributed by atoms with Crippen molar-refractivity contribution in [2.45, 2.75) is 6.92 Å². The normalized spacial score (nSPS) is 10.2. The predicted octanol–water partition coefficient (Wildman–Crippen LogP) is 1.85. The molecule has 1 amide bonds. The number of benzene rings is 1. The van der Waals surface area contributed by atoms with Crippen LogP contribution < -0.4 is 5.32 Å². The number of rotatable bonds is 3. The van der Waals surface area contributed by atoms with E-state index in [-0.39, 0.29) is 17.1 Å². The Morgan fingerprint density at radius 3 is 2.74 bits per heavy atom. The smallest absolute Gasteiger partial charge is 0.277 e. The van der Waals surface area contributed by atoms with Crippen LogP contribution in [0, 0.1) is 17.0 Å². The maximum atomic E-state index is 11.7. The van der Waals surface area contributed by atoms with Gasteiger partial charge in [-0.2, -0.15) is 0 Å². The summed E-state index contributed by atoms with van der Waals surface area (Å²) in [4.78, 5) is 21.6. The minimum absolute atomic E-state index is 0.0512. The Bertz CT molecular complexity index is 650. The van der Waals surface area contributed by atoms with Crippen LogP contribution >= 0.6 is 0 Å². The fraction of sp³-hybridized carbons (Fsp3) is 0.0909. The Morgan fingerprint density at radius 1 is 1.47 bits per heavy atom. The maximum absolute atomic E-state index is 11.7. The molecule has 0 aliphatic carbocycles. The first kappa shape index (κ1) is 12.6. The molecule has 0 saturated heterocycles. The van der Waals surface area contributed by atoms with Crippen molar-refractivity contribution in [1.82, 2.24) is 5.16 Å². The summed E-state index contributed by atoms with van der Waals surface area (Å²) in [6.45, 7) is 1.63. The third kappa shape index (κ3) is 2.68. The van der Waals surface area contributed by atoms with E-state index in [1.807, 2.05) is 0 Å². The zero-order valence-corrected chi connectivity index (χ0v) is 9.78. The summed E-state index contributed by atoms with van der Waals surface area (Å²) in [7, 11) is 0. The first-order valence-electron chi connectivity index (χ1n) is 5.19. The van der Waals surface area contributed by atoms with Crippen LogP contribution in [-0.2, 0) is 0 Å². The quantitative estimate of drug-likeness (QED) is 0.495. The fourth-order valence-corrected chi connectivity index (χ4v) is 1.40. The lowest BCUT2D eigenvalue weighted by Crippen LogP contribution is -2.12. The molecule has 0 unspecified atom stereocenters. The number of nitrogens with one attached hydrogen (secondary N) is 1. The number of non-ortho nitro benzene ring substituents is 1. The number of nitro benzene ring substituents is 1. The Hall–Kier alpha value is -2.90. The third-order valence-corrected chi connectivity index (χ3v) is 2.30. The number of aromatic hydroxyl groups is 1. The van der Waals surface area contributed by atoms with Gasteiger partial charge in [-0.15, -0.1) is 0 Å². The van der Waals surface area contributed by atoms with Crippen molar-refractivity contribution in [2.24, 2.45) is 0 Å². The molecular formula is C11H9N3O5. The van der Waals surface area contributed by atoms with Crippen molar-refractivity contribution in [2.75, 3.05) is 5.32 Å². The fourth-order valence-electron chi connectivity index (χ4n) is 1.40. The maximum Gasteiger partial charge on any atom is 0.277 e. The van der Waals surface area contributed by atoms with Crippen molar-refractivity contribution in [3.8, 4) is 5.75 Å². The van der Waals surface area contributed by atoms with Gasteiger partial charge in [-0.3, -0.25) is 14.9 Å². The highest BCUT2D eigenvalue weighted by atomic mass is 16.6. The molecule has 0 fully saturated rings. The molecule has 0 saturated carbocycles. The molecule has 0 aliphatic heterocycles. The highest BCUT2D eigenvalue weighted by Crippen LogP contribution is 2.28. The van der Waals surface area contributed by atoms with Crippen molar-refractivity contribution >= 4 is 17.3 Å². The van der Waals surface area contributed by atoms with Crippen LogP contribution in [0.25, 0.3) is 0 Å². The molecule has 2 N–H and O–H groups in total. The van der Waals surface area contributed by atoms with Gasteiger partial charge in [0, 0.05) is 12.1 Å². The topological polar surface area (TPSA) is 118 Å². The van der Waals surface area contributed by atoms with Crippen LogP contribution in [0.1, 0.15) is 16.2 Å². The summed E-state index contributed by atoms with van der Waals surface area (Å²) in [5, 5.41) is 26.0. The van der Waals surface area contributed by atoms with E-state index in [0.29, 0.717) is 5.76 Å². The van der Waals surface area contributed by atoms with Gasteiger partial charge in [0.1, 0.15) is 11.5 Å². The van der Waals surface area contributed by atoms with Crippen LogP contribution in [0.5, 0.6) is 5.75 Å². The Morgan fingerprint density at radius 2 is 2.21 bits per heavy atom. The molecule has 1 heterocycles. The predicted molar refractivity (Wildman–Crippen MR) is 64.0 cm³/mol. The van der Waals surface area contributed by atoms with E-state index in [2.05, 4.69) is 10.5 Å². The first-order valence-corrected chi connectivity index (χ1v) is 5.19. The van der Waals surface area contributed by atoms with Gasteiger partial charge in [-0.25, -0.2) is 0 Å². The van der Waals surface area contributed by atoms with Crippen molar-refractivity contribution in [1.29, 1.82) is 0 Å². The number of hydrogen-bond acceptors (Lipinski definition) is 6. The molecule has 2 aromatic rings. The van der Waals surface area contributed by atoms with Crippen molar-refractivity contribution < 1.29 is 19.3 Å². The number of anilines is 1. The summed E-state index contributed by atoms with van der Waals surface area (Å²) in [5.41, 5.74) is -0.167. The van der Waals surface area contributed by atoms with E-state index in [1.165, 1.54) is 18.2 Å². The van der Waals surface area contributed by atoms with Crippen LogP contribution in [0.3, 0.4) is 0 Å². The van der Waals surface area contributed by atoms with Crippen LogP contribution in [-0.4, -0.2) is 21.1 Å². The van der Waals surface area contributed by atoms with E-state index in [0.717, 1.165) is 6.07 Å². The van der Waals surface area contributed by atoms with Crippen LogP contribution in [0.2, 0.25) is 0 Å². The molecule has 98 valence electrons. The van der Waals surface area contributed by atoms with Gasteiger partial charge in [0.25, 0.3) is 11.6 Å². The molecule has 0 spiro atoms. The van der Waals surface area contributed by atoms with Gasteiger partial charge in [0.05, 0.1) is 16.7 Å². The minimum atomic E-state index is -0.647. The van der Waals surface area contributed by atoms with Crippen molar-refractivity contribution in [3.05, 3.63) is 45.8 Å². The van der Waals surface area contributed by atoms with Crippen LogP contribution in [0.15, 0.2) is 28.8 Å². The summed E-state index contributed by atoms with van der Waals surface area (Å²) in [5.74, 6) is -0.512. The molecule has 0 bridgehead atoms. The molecule has 0 radical (unpaired) electrons. The van der Waals surface area contributed by atoms with Gasteiger partial charge in [-0.05, 0) is 13.0 Å². The number of aryl methyl sites for hydroxylation is 1. The molecule has 8 nitrogen and oxygen atoms in total. The number of phenolic OH excluding ortho intramolecular Hbond substituents is 1. The van der Waals surface area contributed by atoms with E-state index < -0.39 is 16.6 Å². The molecule has 1 aromatic carbocycles. The molecule has 19 heavy (non-hydrogen) atoms. The highest BCUT2D eigenvalue weighted by molar-refractivity contribution is 6.03. The number of nitro groups is 1. The Balaban J connectivity index is 2.20. The minimum Gasteiger partial charge on any atom is -0.506 e. The second kappa shape index (κ2) is 4.77. The molecule has 1 aromatic heterocycles. The summed E-state index contributed by atoms with van der Waals surface area (Å²) >= 11 is 0. The monoisotopic (exact) mass is 263 g/mol. The van der Waals surface area contributed by atoms with Crippen LogP contribution in [0.4, 0.5) is 11.4 Å². The number of hydrogen-bond donors (Lipinski definition) is 2. The number of nitrogens with zero attached hydrogens (tertiary/aromatic N) is 2. The standard InChI is InChI=1S/C11H9N3O5/c1-6-4-9(13-19-6)11(16)12-8-3-2-7(14(17)18)5-10(8)15/h2-5,15H,1H3,(H,12,16). The van der Waals surface area contributed by atoms with Gasteiger partial charge < -0.3 is 14.9 Å². The van der Waals surface area contributed by atoms with Gasteiger partial charge in [0.2, 0.25) is 0 Å². The zero-order valence-electron chi connectivity index (χ0n) is 9.78. The Labute approximate surface area is 106 Å². The summed E-state index contributed by atoms with van der Waals surface area (Å²) in [6, 6.07) is 4.78.